The number of guanidine groups is 1. The molecular weight excluding hydrogens is 460 g/mol. The first-order valence-corrected chi connectivity index (χ1v) is 12.4. The fourth-order valence-electron chi connectivity index (χ4n) is 4.64. The van der Waals surface area contributed by atoms with Crippen LogP contribution in [0.1, 0.15) is 49.5 Å². The number of amides is 1. The summed E-state index contributed by atoms with van der Waals surface area (Å²) in [7, 11) is 0. The molecule has 1 unspecified atom stereocenters. The zero-order valence-electron chi connectivity index (χ0n) is 20.9. The van der Waals surface area contributed by atoms with E-state index in [0.29, 0.717) is 42.7 Å². The van der Waals surface area contributed by atoms with Crippen LogP contribution >= 0.6 is 0 Å². The predicted molar refractivity (Wildman–Crippen MR) is 135 cm³/mol. The number of carbonyl (C=O) groups excluding carboxylic acids is 2. The largest absolute Gasteiger partial charge is 0.490 e. The molecule has 0 spiro atoms. The number of nitrogens with zero attached hydrogens (tertiary/aromatic N) is 2. The number of hydrogen-bond donors (Lipinski definition) is 2. The summed E-state index contributed by atoms with van der Waals surface area (Å²) in [6.45, 7) is 6.38. The summed E-state index contributed by atoms with van der Waals surface area (Å²) in [6.07, 6.45) is 1.56. The van der Waals surface area contributed by atoms with Crippen molar-refractivity contribution in [3.63, 3.8) is 0 Å². The Kier molecular flexibility index (Phi) is 7.97. The van der Waals surface area contributed by atoms with Gasteiger partial charge in [-0.2, -0.15) is 0 Å². The average Bonchev–Trinajstić information content (AvgIpc) is 2.88. The minimum atomic E-state index is -0.915. The molecule has 4 N–H and O–H groups in total. The van der Waals surface area contributed by atoms with Gasteiger partial charge in [0.15, 0.2) is 0 Å². The van der Waals surface area contributed by atoms with Gasteiger partial charge in [0, 0.05) is 44.8 Å². The monoisotopic (exact) mass is 495 g/mol. The van der Waals surface area contributed by atoms with Gasteiger partial charge in [-0.1, -0.05) is 18.2 Å². The van der Waals surface area contributed by atoms with E-state index in [-0.39, 0.29) is 18.6 Å². The molecule has 4 rings (SSSR count). The van der Waals surface area contributed by atoms with E-state index in [1.165, 1.54) is 5.56 Å². The van der Waals surface area contributed by atoms with E-state index < -0.39 is 12.1 Å². The number of ether oxygens (including phenoxy) is 3. The molecule has 2 heterocycles. The third-order valence-electron chi connectivity index (χ3n) is 6.68. The Morgan fingerprint density at radius 2 is 1.75 bits per heavy atom. The first-order chi connectivity index (χ1) is 17.3. The van der Waals surface area contributed by atoms with Gasteiger partial charge in [-0.3, -0.25) is 20.8 Å². The fourth-order valence-corrected chi connectivity index (χ4v) is 4.64. The van der Waals surface area contributed by atoms with E-state index in [9.17, 15) is 9.59 Å². The number of hydrogen-bond acceptors (Lipinski definition) is 5. The van der Waals surface area contributed by atoms with Crippen molar-refractivity contribution in [1.82, 2.24) is 4.90 Å². The molecule has 0 radical (unpaired) electrons. The third kappa shape index (κ3) is 6.08. The Bertz CT molecular complexity index is 1120. The number of esters is 1. The maximum atomic E-state index is 12.8. The molecule has 9 nitrogen and oxygen atoms in total. The van der Waals surface area contributed by atoms with E-state index in [1.54, 1.807) is 13.8 Å². The minimum absolute atomic E-state index is 0.0541. The fraction of sp³-hybridized carbons (Fsp3) is 0.444. The molecule has 0 saturated carbocycles. The molecular formula is C27H35N4O5+. The lowest BCUT2D eigenvalue weighted by Crippen LogP contribution is -2.40. The number of likely N-dealkylation sites (tertiary alicyclic amines) is 1. The maximum absolute atomic E-state index is 12.8. The highest BCUT2D eigenvalue weighted by atomic mass is 16.6. The van der Waals surface area contributed by atoms with Gasteiger partial charge in [0.1, 0.15) is 17.6 Å². The van der Waals surface area contributed by atoms with Crippen LogP contribution in [0.25, 0.3) is 0 Å². The van der Waals surface area contributed by atoms with Crippen molar-refractivity contribution in [2.75, 3.05) is 26.2 Å². The summed E-state index contributed by atoms with van der Waals surface area (Å²) in [5, 5.41) is 0. The maximum Gasteiger partial charge on any atom is 0.352 e. The quantitative estimate of drug-likeness (QED) is 0.343. The molecule has 0 aromatic heterocycles. The van der Waals surface area contributed by atoms with E-state index in [4.69, 9.17) is 25.7 Å². The molecule has 2 aliphatic rings. The van der Waals surface area contributed by atoms with Crippen LogP contribution in [-0.2, 0) is 27.3 Å². The lowest BCUT2D eigenvalue weighted by atomic mass is 10.0. The summed E-state index contributed by atoms with van der Waals surface area (Å²) in [5.41, 5.74) is 14.5. The smallest absolute Gasteiger partial charge is 0.352 e. The van der Waals surface area contributed by atoms with Gasteiger partial charge in [-0.25, -0.2) is 4.79 Å². The van der Waals surface area contributed by atoms with Crippen molar-refractivity contribution in [2.45, 2.75) is 51.9 Å². The van der Waals surface area contributed by atoms with Crippen LogP contribution in [0.4, 0.5) is 0 Å². The predicted octanol–water partition coefficient (Wildman–Crippen LogP) is 2.10. The summed E-state index contributed by atoms with van der Waals surface area (Å²) in [6, 6.07) is 13.2. The van der Waals surface area contributed by atoms with Crippen LogP contribution in [0.2, 0.25) is 0 Å². The van der Waals surface area contributed by atoms with Gasteiger partial charge in [-0.15, -0.1) is 0 Å². The zero-order chi connectivity index (χ0) is 25.7. The highest BCUT2D eigenvalue weighted by molar-refractivity contribution is 5.77. The van der Waals surface area contributed by atoms with Crippen molar-refractivity contribution >= 4 is 17.8 Å². The SMILES string of the molecule is CCOC(=O)C(Oc1ccc2c(c1)C[N+](=C(N)N)CC2)c1ccc(OC2CCN(C(C)=O)CC2)cc1. The molecule has 2 aromatic carbocycles. The molecule has 9 heteroatoms. The van der Waals surface area contributed by atoms with Gasteiger partial charge >= 0.3 is 11.9 Å². The Morgan fingerprint density at radius 3 is 2.39 bits per heavy atom. The Labute approximate surface area is 211 Å². The molecule has 36 heavy (non-hydrogen) atoms. The molecule has 1 saturated heterocycles. The lowest BCUT2D eigenvalue weighted by Gasteiger charge is -2.31. The van der Waals surface area contributed by atoms with E-state index in [0.717, 1.165) is 31.4 Å². The number of benzene rings is 2. The number of nitrogens with two attached hydrogens (primary N) is 2. The number of rotatable bonds is 7. The molecule has 2 aromatic rings. The molecule has 2 aliphatic heterocycles. The van der Waals surface area contributed by atoms with Crippen molar-refractivity contribution in [2.24, 2.45) is 11.5 Å². The molecule has 0 aliphatic carbocycles. The third-order valence-corrected chi connectivity index (χ3v) is 6.68. The molecule has 1 amide bonds. The van der Waals surface area contributed by atoms with Crippen molar-refractivity contribution < 1.29 is 28.4 Å². The number of piperidine rings is 1. The summed E-state index contributed by atoms with van der Waals surface area (Å²) < 4.78 is 19.5. The molecule has 0 bridgehead atoms. The summed E-state index contributed by atoms with van der Waals surface area (Å²) in [5.74, 6) is 1.22. The van der Waals surface area contributed by atoms with Crippen LogP contribution in [0.5, 0.6) is 11.5 Å². The van der Waals surface area contributed by atoms with Crippen LogP contribution < -0.4 is 20.9 Å². The van der Waals surface area contributed by atoms with Crippen LogP contribution in [-0.4, -0.2) is 59.7 Å². The Balaban J connectivity index is 1.46. The topological polar surface area (TPSA) is 120 Å². The first-order valence-electron chi connectivity index (χ1n) is 12.4. The van der Waals surface area contributed by atoms with Gasteiger partial charge in [0.2, 0.25) is 12.0 Å². The van der Waals surface area contributed by atoms with Crippen molar-refractivity contribution in [3.8, 4) is 11.5 Å². The normalized spacial score (nSPS) is 16.6. The second kappa shape index (κ2) is 11.3. The van der Waals surface area contributed by atoms with Crippen molar-refractivity contribution in [3.05, 3.63) is 59.2 Å². The molecule has 192 valence electrons. The average molecular weight is 496 g/mol. The van der Waals surface area contributed by atoms with Crippen LogP contribution in [0, 0.1) is 0 Å². The highest BCUT2D eigenvalue weighted by Gasteiger charge is 2.26. The summed E-state index contributed by atoms with van der Waals surface area (Å²) in [4.78, 5) is 26.2. The van der Waals surface area contributed by atoms with Crippen LogP contribution in [0.15, 0.2) is 42.5 Å². The van der Waals surface area contributed by atoms with Gasteiger partial charge in [0.25, 0.3) is 0 Å². The zero-order valence-corrected chi connectivity index (χ0v) is 20.9. The van der Waals surface area contributed by atoms with Gasteiger partial charge in [0.05, 0.1) is 19.7 Å². The Hall–Kier alpha value is -3.75. The molecule has 1 atom stereocenters. The Morgan fingerprint density at radius 1 is 1.06 bits per heavy atom. The minimum Gasteiger partial charge on any atom is -0.490 e. The van der Waals surface area contributed by atoms with E-state index in [1.807, 2.05) is 51.9 Å². The summed E-state index contributed by atoms with van der Waals surface area (Å²) >= 11 is 0. The van der Waals surface area contributed by atoms with Crippen molar-refractivity contribution in [1.29, 1.82) is 0 Å². The molecule has 1 fully saturated rings. The van der Waals surface area contributed by atoms with E-state index >= 15 is 0 Å². The van der Waals surface area contributed by atoms with Gasteiger partial charge < -0.3 is 19.1 Å². The lowest BCUT2D eigenvalue weighted by molar-refractivity contribution is -0.549. The second-order valence-electron chi connectivity index (χ2n) is 9.17. The first kappa shape index (κ1) is 25.3. The number of fused-ring (bicyclic) bond motifs is 1. The van der Waals surface area contributed by atoms with Crippen LogP contribution in [0.3, 0.4) is 0 Å². The highest BCUT2D eigenvalue weighted by Crippen LogP contribution is 2.29. The second-order valence-corrected chi connectivity index (χ2v) is 9.17. The van der Waals surface area contributed by atoms with Gasteiger partial charge in [-0.05, 0) is 42.3 Å². The van der Waals surface area contributed by atoms with E-state index in [2.05, 4.69) is 0 Å². The standard InChI is InChI=1S/C27H34N4O5/c1-3-34-26(33)25(36-24-9-4-19-10-13-31(27(28)29)17-21(19)16-24)20-5-7-22(8-6-20)35-23-11-14-30(15-12-23)18(2)32/h4-9,16,23,25H,3,10-15,17H2,1-2H3,(H3,28,29)/p+1. The number of carbonyl (C=O) groups is 2.